The number of hydrogen-bond donors (Lipinski definition) is 1. The van der Waals surface area contributed by atoms with Crippen molar-refractivity contribution in [1.82, 2.24) is 15.5 Å². The van der Waals surface area contributed by atoms with Crippen LogP contribution in [0.4, 0.5) is 9.52 Å². The molecule has 0 bridgehead atoms. The van der Waals surface area contributed by atoms with Gasteiger partial charge in [0.05, 0.1) is 0 Å². The van der Waals surface area contributed by atoms with Crippen molar-refractivity contribution in [3.63, 3.8) is 0 Å². The summed E-state index contributed by atoms with van der Waals surface area (Å²) in [6, 6.07) is 12.5. The first-order valence-corrected chi connectivity index (χ1v) is 9.14. The number of aromatic nitrogens is 2. The summed E-state index contributed by atoms with van der Waals surface area (Å²) < 4.78 is 14.0. The highest BCUT2D eigenvalue weighted by Gasteiger charge is 2.24. The summed E-state index contributed by atoms with van der Waals surface area (Å²) in [5.41, 5.74) is 3.11. The van der Waals surface area contributed by atoms with Gasteiger partial charge in [-0.25, -0.2) is 4.39 Å². The molecule has 3 aromatic rings. The van der Waals surface area contributed by atoms with Gasteiger partial charge in [-0.05, 0) is 36.2 Å². The summed E-state index contributed by atoms with van der Waals surface area (Å²) >= 11 is 1.34. The van der Waals surface area contributed by atoms with Gasteiger partial charge in [0.1, 0.15) is 10.8 Å². The lowest BCUT2D eigenvalue weighted by Crippen LogP contribution is -2.31. The van der Waals surface area contributed by atoms with Gasteiger partial charge in [-0.15, -0.1) is 10.2 Å². The fourth-order valence-corrected chi connectivity index (χ4v) is 3.90. The third-order valence-corrected chi connectivity index (χ3v) is 5.48. The van der Waals surface area contributed by atoms with Crippen molar-refractivity contribution in [2.75, 3.05) is 18.5 Å². The number of carbonyl (C=O) groups excluding carboxylic acids is 1. The zero-order chi connectivity index (χ0) is 18.1. The minimum atomic E-state index is -0.397. The fraction of sp³-hybridized carbons (Fsp3) is 0.211. The average molecular weight is 368 g/mol. The second-order valence-electron chi connectivity index (χ2n) is 6.14. The monoisotopic (exact) mass is 368 g/mol. The van der Waals surface area contributed by atoms with Crippen LogP contribution in [0, 0.1) is 5.82 Å². The topological polar surface area (TPSA) is 58.1 Å². The molecule has 132 valence electrons. The molecule has 1 aliphatic heterocycles. The third kappa shape index (κ3) is 3.11. The van der Waals surface area contributed by atoms with Crippen LogP contribution in [0.5, 0.6) is 0 Å². The van der Waals surface area contributed by atoms with Gasteiger partial charge in [-0.1, -0.05) is 41.7 Å². The molecular weight excluding hydrogens is 351 g/mol. The second-order valence-corrected chi connectivity index (χ2v) is 7.09. The predicted octanol–water partition coefficient (Wildman–Crippen LogP) is 3.27. The molecule has 4 rings (SSSR count). The van der Waals surface area contributed by atoms with E-state index in [-0.39, 0.29) is 5.91 Å². The lowest BCUT2D eigenvalue weighted by atomic mass is 9.94. The smallest absolute Gasteiger partial charge is 0.260 e. The van der Waals surface area contributed by atoms with Crippen molar-refractivity contribution in [3.05, 3.63) is 65.0 Å². The largest absolute Gasteiger partial charge is 0.312 e. The molecule has 26 heavy (non-hydrogen) atoms. The van der Waals surface area contributed by atoms with E-state index in [9.17, 15) is 9.18 Å². The van der Waals surface area contributed by atoms with E-state index < -0.39 is 5.82 Å². The zero-order valence-corrected chi connectivity index (χ0v) is 15.0. The van der Waals surface area contributed by atoms with Crippen LogP contribution < -0.4 is 10.2 Å². The van der Waals surface area contributed by atoms with Crippen molar-refractivity contribution >= 4 is 22.4 Å². The molecule has 0 atom stereocenters. The van der Waals surface area contributed by atoms with Gasteiger partial charge < -0.3 is 5.32 Å². The molecule has 1 aliphatic rings. The van der Waals surface area contributed by atoms with E-state index in [0.717, 1.165) is 28.2 Å². The van der Waals surface area contributed by atoms with E-state index in [4.69, 9.17) is 0 Å². The van der Waals surface area contributed by atoms with Crippen molar-refractivity contribution in [2.24, 2.45) is 0 Å². The third-order valence-electron chi connectivity index (χ3n) is 4.43. The first-order chi connectivity index (χ1) is 12.6. The minimum Gasteiger partial charge on any atom is -0.312 e. The van der Waals surface area contributed by atoms with Gasteiger partial charge >= 0.3 is 0 Å². The molecule has 0 unspecified atom stereocenters. The fourth-order valence-electron chi connectivity index (χ4n) is 3.09. The number of benzene rings is 2. The summed E-state index contributed by atoms with van der Waals surface area (Å²) in [7, 11) is 1.65. The lowest BCUT2D eigenvalue weighted by molar-refractivity contribution is 0.0991. The molecule has 5 nitrogen and oxygen atoms in total. The van der Waals surface area contributed by atoms with Crippen molar-refractivity contribution in [3.8, 4) is 10.6 Å². The van der Waals surface area contributed by atoms with E-state index in [0.29, 0.717) is 23.7 Å². The first-order valence-electron chi connectivity index (χ1n) is 8.32. The van der Waals surface area contributed by atoms with Crippen LogP contribution in [0.2, 0.25) is 0 Å². The number of rotatable bonds is 3. The maximum Gasteiger partial charge on any atom is 0.260 e. The molecule has 0 radical (unpaired) electrons. The summed E-state index contributed by atoms with van der Waals surface area (Å²) in [6.45, 7) is 1.35. The standard InChI is InChI=1S/C19H17FN4OS/c1-24(19-23-22-17(26-19)12-5-3-2-4-6-12)18(25)16-10-14(20)9-13-11-21-8-7-15(13)16/h2-6,9-10,21H,7-8,11H2,1H3. The van der Waals surface area contributed by atoms with E-state index in [1.165, 1.54) is 28.4 Å². The number of anilines is 1. The average Bonchev–Trinajstić information content (AvgIpc) is 3.17. The molecule has 2 aromatic carbocycles. The van der Waals surface area contributed by atoms with E-state index in [2.05, 4.69) is 15.5 Å². The summed E-state index contributed by atoms with van der Waals surface area (Å²) in [6.07, 6.45) is 0.704. The highest BCUT2D eigenvalue weighted by molar-refractivity contribution is 7.18. The molecule has 2 heterocycles. The number of amides is 1. The number of carbonyl (C=O) groups is 1. The molecule has 1 N–H and O–H groups in total. The number of nitrogens with zero attached hydrogens (tertiary/aromatic N) is 3. The Kier molecular flexibility index (Phi) is 4.48. The summed E-state index contributed by atoms with van der Waals surface area (Å²) in [5.74, 6) is -0.662. The van der Waals surface area contributed by atoms with E-state index in [1.54, 1.807) is 7.05 Å². The van der Waals surface area contributed by atoms with Crippen LogP contribution in [-0.2, 0) is 13.0 Å². The maximum atomic E-state index is 14.0. The number of fused-ring (bicyclic) bond motifs is 1. The molecule has 1 amide bonds. The van der Waals surface area contributed by atoms with Gasteiger partial charge in [-0.2, -0.15) is 0 Å². The molecule has 0 saturated carbocycles. The Labute approximate surface area is 154 Å². The Bertz CT molecular complexity index is 957. The molecule has 0 spiro atoms. The highest BCUT2D eigenvalue weighted by Crippen LogP contribution is 2.30. The van der Waals surface area contributed by atoms with Gasteiger partial charge in [0.2, 0.25) is 5.13 Å². The summed E-state index contributed by atoms with van der Waals surface area (Å²) in [5, 5.41) is 12.8. The SMILES string of the molecule is CN(C(=O)c1cc(F)cc2c1CCNC2)c1nnc(-c2ccccc2)s1. The van der Waals surface area contributed by atoms with Gasteiger partial charge in [-0.3, -0.25) is 9.69 Å². The minimum absolute atomic E-state index is 0.265. The second kappa shape index (κ2) is 6.93. The molecule has 0 aliphatic carbocycles. The molecule has 1 aromatic heterocycles. The van der Waals surface area contributed by atoms with Crippen molar-refractivity contribution in [2.45, 2.75) is 13.0 Å². The van der Waals surface area contributed by atoms with Crippen LogP contribution in [-0.4, -0.2) is 29.7 Å². The number of hydrogen-bond acceptors (Lipinski definition) is 5. The van der Waals surface area contributed by atoms with Crippen LogP contribution >= 0.6 is 11.3 Å². The highest BCUT2D eigenvalue weighted by atomic mass is 32.1. The van der Waals surface area contributed by atoms with Crippen LogP contribution in [0.25, 0.3) is 10.6 Å². The van der Waals surface area contributed by atoms with Crippen LogP contribution in [0.15, 0.2) is 42.5 Å². The van der Waals surface area contributed by atoms with Gasteiger partial charge in [0, 0.05) is 24.7 Å². The normalized spacial score (nSPS) is 13.3. The molecule has 0 fully saturated rings. The van der Waals surface area contributed by atoms with E-state index in [1.807, 2.05) is 30.3 Å². The Morgan fingerprint density at radius 2 is 2.04 bits per heavy atom. The predicted molar refractivity (Wildman–Crippen MR) is 99.9 cm³/mol. The zero-order valence-electron chi connectivity index (χ0n) is 14.2. The van der Waals surface area contributed by atoms with Crippen LogP contribution in [0.3, 0.4) is 0 Å². The Morgan fingerprint density at radius 1 is 1.23 bits per heavy atom. The van der Waals surface area contributed by atoms with Crippen molar-refractivity contribution in [1.29, 1.82) is 0 Å². The molecule has 7 heteroatoms. The van der Waals surface area contributed by atoms with Crippen LogP contribution in [0.1, 0.15) is 21.5 Å². The first kappa shape index (κ1) is 16.8. The van der Waals surface area contributed by atoms with Gasteiger partial charge in [0.15, 0.2) is 0 Å². The Hall–Kier alpha value is -2.64. The quantitative estimate of drug-likeness (QED) is 0.771. The van der Waals surface area contributed by atoms with Crippen molar-refractivity contribution < 1.29 is 9.18 Å². The van der Waals surface area contributed by atoms with Gasteiger partial charge in [0.25, 0.3) is 5.91 Å². The lowest BCUT2D eigenvalue weighted by Gasteiger charge is -2.22. The summed E-state index contributed by atoms with van der Waals surface area (Å²) in [4.78, 5) is 14.4. The Morgan fingerprint density at radius 3 is 2.85 bits per heavy atom. The Balaban J connectivity index is 1.65. The molecule has 0 saturated heterocycles. The molecular formula is C19H17FN4OS. The maximum absolute atomic E-state index is 14.0. The number of halogens is 1. The van der Waals surface area contributed by atoms with E-state index >= 15 is 0 Å². The number of nitrogens with one attached hydrogen (secondary N) is 1.